The van der Waals surface area contributed by atoms with Crippen LogP contribution in [0.2, 0.25) is 0 Å². The molecule has 6 nitrogen and oxygen atoms in total. The van der Waals surface area contributed by atoms with Crippen molar-refractivity contribution in [1.29, 1.82) is 0 Å². The molecule has 2 saturated heterocycles. The Hall–Kier alpha value is -1.14. The molecule has 2 unspecified atom stereocenters. The largest absolute Gasteiger partial charge is 0.379 e. The van der Waals surface area contributed by atoms with Crippen LogP contribution in [0.4, 0.5) is 0 Å². The summed E-state index contributed by atoms with van der Waals surface area (Å²) in [4.78, 5) is 22.7. The minimum Gasteiger partial charge on any atom is -0.379 e. The number of rotatable bonds is 2. The van der Waals surface area contributed by atoms with Crippen molar-refractivity contribution < 1.29 is 14.3 Å². The Morgan fingerprint density at radius 3 is 3.00 bits per heavy atom. The summed E-state index contributed by atoms with van der Waals surface area (Å²) in [6, 6.07) is -0.133. The molecular weight excluding hydrogens is 198 g/mol. The minimum absolute atomic E-state index is 0.0333. The molecule has 0 aromatic carbocycles. The van der Waals surface area contributed by atoms with Gasteiger partial charge in [0.25, 0.3) is 0 Å². The Morgan fingerprint density at radius 1 is 1.67 bits per heavy atom. The molecule has 2 fully saturated rings. The number of carbonyl (C=O) groups excluding carboxylic acids is 2. The van der Waals surface area contributed by atoms with Gasteiger partial charge < -0.3 is 21.1 Å². The molecule has 2 atom stereocenters. The lowest BCUT2D eigenvalue weighted by atomic mass is 9.99. The van der Waals surface area contributed by atoms with E-state index >= 15 is 0 Å². The highest BCUT2D eigenvalue weighted by atomic mass is 16.5. The summed E-state index contributed by atoms with van der Waals surface area (Å²) in [5.41, 5.74) is 4.96. The maximum atomic E-state index is 11.8. The molecule has 84 valence electrons. The van der Waals surface area contributed by atoms with Crippen molar-refractivity contribution in [2.75, 3.05) is 19.8 Å². The second-order valence-corrected chi connectivity index (χ2v) is 4.14. The van der Waals surface area contributed by atoms with Crippen molar-refractivity contribution >= 4 is 11.8 Å². The van der Waals surface area contributed by atoms with Crippen LogP contribution in [0.3, 0.4) is 0 Å². The Balaban J connectivity index is 1.89. The highest BCUT2D eigenvalue weighted by Gasteiger charge is 2.39. The van der Waals surface area contributed by atoms with Crippen molar-refractivity contribution in [2.24, 2.45) is 5.73 Å². The van der Waals surface area contributed by atoms with Crippen LogP contribution in [0.1, 0.15) is 12.8 Å². The van der Waals surface area contributed by atoms with E-state index in [0.29, 0.717) is 26.0 Å². The predicted octanol–water partition coefficient (Wildman–Crippen LogP) is -1.89. The van der Waals surface area contributed by atoms with Gasteiger partial charge >= 0.3 is 0 Å². The normalized spacial score (nSPS) is 35.3. The number of nitrogens with two attached hydrogens (primary N) is 1. The first-order valence-corrected chi connectivity index (χ1v) is 5.04. The average molecular weight is 213 g/mol. The van der Waals surface area contributed by atoms with Crippen LogP contribution in [0.15, 0.2) is 0 Å². The van der Waals surface area contributed by atoms with Gasteiger partial charge in [0.1, 0.15) is 5.54 Å². The lowest BCUT2D eigenvalue weighted by molar-refractivity contribution is -0.127. The number of amides is 2. The second-order valence-electron chi connectivity index (χ2n) is 4.14. The van der Waals surface area contributed by atoms with Gasteiger partial charge in [-0.25, -0.2) is 0 Å². The van der Waals surface area contributed by atoms with E-state index in [1.54, 1.807) is 0 Å². The van der Waals surface area contributed by atoms with Crippen LogP contribution >= 0.6 is 0 Å². The van der Waals surface area contributed by atoms with Crippen molar-refractivity contribution in [3.8, 4) is 0 Å². The number of nitrogens with one attached hydrogen (secondary N) is 2. The first-order valence-electron chi connectivity index (χ1n) is 5.04. The van der Waals surface area contributed by atoms with Gasteiger partial charge in [0, 0.05) is 19.6 Å². The quantitative estimate of drug-likeness (QED) is 0.500. The Kier molecular flexibility index (Phi) is 2.62. The fourth-order valence-electron chi connectivity index (χ4n) is 1.80. The van der Waals surface area contributed by atoms with Crippen molar-refractivity contribution in [2.45, 2.75) is 24.4 Å². The predicted molar refractivity (Wildman–Crippen MR) is 51.9 cm³/mol. The highest BCUT2D eigenvalue weighted by molar-refractivity contribution is 5.88. The first-order chi connectivity index (χ1) is 7.10. The first kappa shape index (κ1) is 10.4. The molecule has 0 aromatic heterocycles. The van der Waals surface area contributed by atoms with Gasteiger partial charge in [0.15, 0.2) is 0 Å². The van der Waals surface area contributed by atoms with Crippen LogP contribution in [0, 0.1) is 0 Å². The van der Waals surface area contributed by atoms with Gasteiger partial charge in [-0.1, -0.05) is 0 Å². The Bertz CT molecular complexity index is 286. The molecule has 0 aromatic rings. The zero-order valence-electron chi connectivity index (χ0n) is 8.41. The standard InChI is InChI=1S/C9H15N3O3/c10-9(1-2-15-5-9)8(14)12-6-3-7(13)11-4-6/h6H,1-5,10H2,(H,11,13)(H,12,14). The van der Waals surface area contributed by atoms with Gasteiger partial charge in [0.2, 0.25) is 11.8 Å². The van der Waals surface area contributed by atoms with Crippen molar-refractivity contribution in [3.05, 3.63) is 0 Å². The zero-order chi connectivity index (χ0) is 10.9. The van der Waals surface area contributed by atoms with Crippen LogP contribution < -0.4 is 16.4 Å². The summed E-state index contributed by atoms with van der Waals surface area (Å²) in [5, 5.41) is 5.42. The third-order valence-corrected chi connectivity index (χ3v) is 2.82. The number of ether oxygens (including phenoxy) is 1. The van der Waals surface area contributed by atoms with E-state index in [1.807, 2.05) is 0 Å². The van der Waals surface area contributed by atoms with Crippen molar-refractivity contribution in [1.82, 2.24) is 10.6 Å². The molecule has 2 aliphatic heterocycles. The summed E-state index contributed by atoms with van der Waals surface area (Å²) in [7, 11) is 0. The van der Waals surface area contributed by atoms with E-state index < -0.39 is 5.54 Å². The molecule has 0 bridgehead atoms. The fourth-order valence-corrected chi connectivity index (χ4v) is 1.80. The van der Waals surface area contributed by atoms with Crippen molar-refractivity contribution in [3.63, 3.8) is 0 Å². The Morgan fingerprint density at radius 2 is 2.47 bits per heavy atom. The van der Waals surface area contributed by atoms with Gasteiger partial charge in [-0.3, -0.25) is 9.59 Å². The minimum atomic E-state index is -0.911. The van der Waals surface area contributed by atoms with Crippen LogP contribution in [0.5, 0.6) is 0 Å². The summed E-state index contributed by atoms with van der Waals surface area (Å²) in [6.45, 7) is 1.26. The molecule has 6 heteroatoms. The molecule has 0 aliphatic carbocycles. The summed E-state index contributed by atoms with van der Waals surface area (Å²) < 4.78 is 5.10. The van der Waals surface area contributed by atoms with E-state index in [2.05, 4.69) is 10.6 Å². The zero-order valence-corrected chi connectivity index (χ0v) is 8.41. The smallest absolute Gasteiger partial charge is 0.242 e. The molecule has 0 spiro atoms. The highest BCUT2D eigenvalue weighted by Crippen LogP contribution is 2.16. The molecule has 2 rings (SSSR count). The van der Waals surface area contributed by atoms with Crippen LogP contribution in [0.25, 0.3) is 0 Å². The van der Waals surface area contributed by atoms with E-state index in [-0.39, 0.29) is 24.5 Å². The number of hydrogen-bond acceptors (Lipinski definition) is 4. The van der Waals surface area contributed by atoms with E-state index in [4.69, 9.17) is 10.5 Å². The third kappa shape index (κ3) is 2.10. The van der Waals surface area contributed by atoms with Gasteiger partial charge in [0.05, 0.1) is 12.6 Å². The van der Waals surface area contributed by atoms with Gasteiger partial charge in [-0.15, -0.1) is 0 Å². The summed E-state index contributed by atoms with van der Waals surface area (Å²) >= 11 is 0. The second kappa shape index (κ2) is 3.79. The maximum Gasteiger partial charge on any atom is 0.242 e. The average Bonchev–Trinajstić information content (AvgIpc) is 2.76. The lowest BCUT2D eigenvalue weighted by Crippen LogP contribution is -2.57. The van der Waals surface area contributed by atoms with Gasteiger partial charge in [-0.05, 0) is 6.42 Å². The fraction of sp³-hybridized carbons (Fsp3) is 0.778. The molecule has 2 amide bonds. The molecular formula is C9H15N3O3. The molecule has 15 heavy (non-hydrogen) atoms. The topological polar surface area (TPSA) is 93.5 Å². The van der Waals surface area contributed by atoms with E-state index in [1.165, 1.54) is 0 Å². The molecule has 2 heterocycles. The maximum absolute atomic E-state index is 11.8. The molecule has 2 aliphatic rings. The van der Waals surface area contributed by atoms with E-state index in [0.717, 1.165) is 0 Å². The summed E-state index contributed by atoms with van der Waals surface area (Å²) in [6.07, 6.45) is 0.871. The van der Waals surface area contributed by atoms with Crippen LogP contribution in [-0.4, -0.2) is 43.2 Å². The van der Waals surface area contributed by atoms with E-state index in [9.17, 15) is 9.59 Å². The monoisotopic (exact) mass is 213 g/mol. The molecule has 4 N–H and O–H groups in total. The van der Waals surface area contributed by atoms with Crippen LogP contribution in [-0.2, 0) is 14.3 Å². The number of carbonyl (C=O) groups is 2. The molecule has 0 radical (unpaired) electrons. The Labute approximate surface area is 87.5 Å². The van der Waals surface area contributed by atoms with Gasteiger partial charge in [-0.2, -0.15) is 0 Å². The SMILES string of the molecule is NC1(C(=O)NC2CNC(=O)C2)CCOC1. The molecule has 0 saturated carbocycles. The third-order valence-electron chi connectivity index (χ3n) is 2.82. The summed E-state index contributed by atoms with van der Waals surface area (Å²) in [5.74, 6) is -0.254. The number of hydrogen-bond donors (Lipinski definition) is 3. The lowest BCUT2D eigenvalue weighted by Gasteiger charge is -2.22.